The van der Waals surface area contributed by atoms with Crippen molar-refractivity contribution in [2.45, 2.75) is 32.6 Å². The van der Waals surface area contributed by atoms with Crippen molar-refractivity contribution < 1.29 is 4.74 Å². The zero-order valence-electron chi connectivity index (χ0n) is 10.8. The first-order valence-corrected chi connectivity index (χ1v) is 6.36. The quantitative estimate of drug-likeness (QED) is 0.769. The molecule has 94 valence electrons. The van der Waals surface area contributed by atoms with Gasteiger partial charge in [-0.05, 0) is 36.8 Å². The van der Waals surface area contributed by atoms with E-state index >= 15 is 0 Å². The number of benzene rings is 1. The fourth-order valence-corrected chi connectivity index (χ4v) is 2.43. The Morgan fingerprint density at radius 1 is 1.41 bits per heavy atom. The van der Waals surface area contributed by atoms with Crippen LogP contribution in [0.2, 0.25) is 0 Å². The minimum Gasteiger partial charge on any atom is -0.497 e. The lowest BCUT2D eigenvalue weighted by atomic mass is 9.67. The van der Waals surface area contributed by atoms with Crippen LogP contribution in [-0.4, -0.2) is 13.7 Å². The van der Waals surface area contributed by atoms with Crippen LogP contribution in [0.15, 0.2) is 18.2 Å². The van der Waals surface area contributed by atoms with E-state index in [1.807, 2.05) is 18.2 Å². The summed E-state index contributed by atoms with van der Waals surface area (Å²) in [6, 6.07) is 5.75. The number of rotatable bonds is 5. The summed E-state index contributed by atoms with van der Waals surface area (Å²) in [4.78, 5) is 0. The molecule has 17 heavy (non-hydrogen) atoms. The monoisotopic (exact) mass is 234 g/mol. The molecular formula is C14H22N2O. The Bertz CT molecular complexity index is 380. The Hall–Kier alpha value is -1.38. The molecule has 0 unspecified atom stereocenters. The zero-order chi connectivity index (χ0) is 12.3. The summed E-state index contributed by atoms with van der Waals surface area (Å²) in [5.74, 6) is 0.848. The third-order valence-electron chi connectivity index (χ3n) is 4.08. The van der Waals surface area contributed by atoms with Crippen molar-refractivity contribution in [2.75, 3.05) is 24.7 Å². The van der Waals surface area contributed by atoms with Crippen LogP contribution in [0, 0.1) is 5.41 Å². The highest BCUT2D eigenvalue weighted by molar-refractivity contribution is 5.68. The lowest BCUT2D eigenvalue weighted by molar-refractivity contribution is 0.145. The van der Waals surface area contributed by atoms with Gasteiger partial charge in [0.05, 0.1) is 18.5 Å². The molecule has 0 atom stereocenters. The number of hydrogen-bond donors (Lipinski definition) is 2. The predicted octanol–water partition coefficient (Wildman–Crippen LogP) is 3.27. The van der Waals surface area contributed by atoms with E-state index in [2.05, 4.69) is 12.2 Å². The zero-order valence-corrected chi connectivity index (χ0v) is 10.8. The molecule has 1 aliphatic rings. The van der Waals surface area contributed by atoms with Crippen LogP contribution in [0.4, 0.5) is 11.4 Å². The van der Waals surface area contributed by atoms with Crippen molar-refractivity contribution in [1.29, 1.82) is 0 Å². The summed E-state index contributed by atoms with van der Waals surface area (Å²) < 4.78 is 5.21. The van der Waals surface area contributed by atoms with Gasteiger partial charge in [-0.2, -0.15) is 0 Å². The summed E-state index contributed by atoms with van der Waals surface area (Å²) in [5, 5.41) is 3.48. The van der Waals surface area contributed by atoms with E-state index in [0.717, 1.165) is 23.7 Å². The number of anilines is 2. The lowest BCUT2D eigenvalue weighted by Gasteiger charge is -2.41. The van der Waals surface area contributed by atoms with Crippen LogP contribution < -0.4 is 15.8 Å². The Morgan fingerprint density at radius 3 is 2.71 bits per heavy atom. The molecule has 0 aliphatic heterocycles. The molecule has 3 heteroatoms. The number of nitrogens with two attached hydrogens (primary N) is 1. The van der Waals surface area contributed by atoms with Gasteiger partial charge in [-0.25, -0.2) is 0 Å². The topological polar surface area (TPSA) is 47.3 Å². The van der Waals surface area contributed by atoms with Gasteiger partial charge < -0.3 is 15.8 Å². The van der Waals surface area contributed by atoms with E-state index in [-0.39, 0.29) is 0 Å². The van der Waals surface area contributed by atoms with Crippen molar-refractivity contribution >= 4 is 11.4 Å². The number of hydrogen-bond acceptors (Lipinski definition) is 3. The normalized spacial score (nSPS) is 17.3. The summed E-state index contributed by atoms with van der Waals surface area (Å²) in [6.07, 6.45) is 5.27. The van der Waals surface area contributed by atoms with Crippen LogP contribution in [0.1, 0.15) is 32.6 Å². The van der Waals surface area contributed by atoms with Gasteiger partial charge in [-0.3, -0.25) is 0 Å². The van der Waals surface area contributed by atoms with Gasteiger partial charge in [0, 0.05) is 12.6 Å². The third-order valence-corrected chi connectivity index (χ3v) is 4.08. The fourth-order valence-electron chi connectivity index (χ4n) is 2.43. The molecule has 1 aromatic carbocycles. The molecule has 2 rings (SSSR count). The van der Waals surface area contributed by atoms with Gasteiger partial charge in [-0.1, -0.05) is 13.3 Å². The molecule has 1 saturated carbocycles. The molecule has 1 aliphatic carbocycles. The van der Waals surface area contributed by atoms with Crippen molar-refractivity contribution in [1.82, 2.24) is 0 Å². The van der Waals surface area contributed by atoms with Crippen molar-refractivity contribution in [2.24, 2.45) is 5.41 Å². The van der Waals surface area contributed by atoms with E-state index in [1.165, 1.54) is 25.7 Å². The molecule has 0 amide bonds. The highest BCUT2D eigenvalue weighted by atomic mass is 16.5. The molecular weight excluding hydrogens is 212 g/mol. The maximum atomic E-state index is 5.96. The van der Waals surface area contributed by atoms with Crippen molar-refractivity contribution in [3.63, 3.8) is 0 Å². The van der Waals surface area contributed by atoms with Crippen LogP contribution in [0.3, 0.4) is 0 Å². The largest absolute Gasteiger partial charge is 0.497 e. The summed E-state index contributed by atoms with van der Waals surface area (Å²) in [7, 11) is 1.68. The second-order valence-corrected chi connectivity index (χ2v) is 5.01. The summed E-state index contributed by atoms with van der Waals surface area (Å²) in [5.41, 5.74) is 8.23. The molecule has 0 spiro atoms. The lowest BCUT2D eigenvalue weighted by Crippen LogP contribution is -2.35. The molecule has 3 nitrogen and oxygen atoms in total. The number of nitrogen functional groups attached to an aromatic ring is 1. The molecule has 0 aromatic heterocycles. The minimum atomic E-state index is 0.496. The van der Waals surface area contributed by atoms with Gasteiger partial charge in [-0.15, -0.1) is 0 Å². The van der Waals surface area contributed by atoms with E-state index in [0.29, 0.717) is 5.41 Å². The highest BCUT2D eigenvalue weighted by Gasteiger charge is 2.34. The van der Waals surface area contributed by atoms with Crippen LogP contribution in [0.5, 0.6) is 5.75 Å². The molecule has 1 fully saturated rings. The molecule has 0 saturated heterocycles. The smallest absolute Gasteiger partial charge is 0.121 e. The van der Waals surface area contributed by atoms with Crippen molar-refractivity contribution in [3.05, 3.63) is 18.2 Å². The van der Waals surface area contributed by atoms with Gasteiger partial charge >= 0.3 is 0 Å². The first-order valence-electron chi connectivity index (χ1n) is 6.36. The average Bonchev–Trinajstić information content (AvgIpc) is 2.30. The van der Waals surface area contributed by atoms with Gasteiger partial charge in [0.2, 0.25) is 0 Å². The van der Waals surface area contributed by atoms with Crippen LogP contribution in [-0.2, 0) is 0 Å². The molecule has 1 aromatic rings. The van der Waals surface area contributed by atoms with Crippen LogP contribution in [0.25, 0.3) is 0 Å². The summed E-state index contributed by atoms with van der Waals surface area (Å²) in [6.45, 7) is 3.29. The van der Waals surface area contributed by atoms with E-state index in [9.17, 15) is 0 Å². The Kier molecular flexibility index (Phi) is 3.46. The van der Waals surface area contributed by atoms with E-state index in [4.69, 9.17) is 10.5 Å². The number of ether oxygens (including phenoxy) is 1. The van der Waals surface area contributed by atoms with E-state index < -0.39 is 0 Å². The van der Waals surface area contributed by atoms with Gasteiger partial charge in [0.25, 0.3) is 0 Å². The second kappa shape index (κ2) is 4.86. The number of methoxy groups -OCH3 is 1. The first-order chi connectivity index (χ1) is 8.19. The van der Waals surface area contributed by atoms with Gasteiger partial charge in [0.1, 0.15) is 5.75 Å². The molecule has 3 N–H and O–H groups in total. The average molecular weight is 234 g/mol. The maximum absolute atomic E-state index is 5.96. The van der Waals surface area contributed by atoms with Crippen LogP contribution >= 0.6 is 0 Å². The fraction of sp³-hybridized carbons (Fsp3) is 0.571. The Balaban J connectivity index is 2.02. The maximum Gasteiger partial charge on any atom is 0.121 e. The second-order valence-electron chi connectivity index (χ2n) is 5.01. The van der Waals surface area contributed by atoms with E-state index in [1.54, 1.807) is 7.11 Å². The molecule has 0 radical (unpaired) electrons. The first kappa shape index (κ1) is 12.1. The SMILES string of the molecule is CCC1(CNc2cc(OC)ccc2N)CCC1. The molecule has 0 bridgehead atoms. The predicted molar refractivity (Wildman–Crippen MR) is 72.5 cm³/mol. The van der Waals surface area contributed by atoms with Gasteiger partial charge in [0.15, 0.2) is 0 Å². The Morgan fingerprint density at radius 2 is 2.18 bits per heavy atom. The summed E-state index contributed by atoms with van der Waals surface area (Å²) >= 11 is 0. The van der Waals surface area contributed by atoms with Crippen molar-refractivity contribution in [3.8, 4) is 5.75 Å². The number of nitrogens with one attached hydrogen (secondary N) is 1. The third kappa shape index (κ3) is 2.48. The Labute approximate surface area is 103 Å². The highest BCUT2D eigenvalue weighted by Crippen LogP contribution is 2.44. The standard InChI is InChI=1S/C14H22N2O/c1-3-14(7-4-8-14)10-16-13-9-11(17-2)5-6-12(13)15/h5-6,9,16H,3-4,7-8,10,15H2,1-2H3. The minimum absolute atomic E-state index is 0.496. The molecule has 0 heterocycles.